The number of nitrogens with two attached hydrogens (primary N) is 1. The van der Waals surface area contributed by atoms with Crippen LogP contribution in [0.25, 0.3) is 16.9 Å². The van der Waals surface area contributed by atoms with E-state index in [1.54, 1.807) is 17.6 Å². The van der Waals surface area contributed by atoms with Crippen LogP contribution in [-0.4, -0.2) is 25.6 Å². The number of nitrogens with zero attached hydrogens (tertiary/aromatic N) is 4. The quantitative estimate of drug-likeness (QED) is 0.329. The fourth-order valence-corrected chi connectivity index (χ4v) is 2.37. The summed E-state index contributed by atoms with van der Waals surface area (Å²) in [7, 11) is 0. The maximum atomic E-state index is 8.89. The van der Waals surface area contributed by atoms with Crippen LogP contribution in [0.3, 0.4) is 0 Å². The van der Waals surface area contributed by atoms with Crippen LogP contribution in [0, 0.1) is 6.92 Å². The maximum Gasteiger partial charge on any atom is 0.175 e. The van der Waals surface area contributed by atoms with Crippen LogP contribution < -0.4 is 5.73 Å². The number of fused-ring (bicyclic) bond motifs is 1. The smallest absolute Gasteiger partial charge is 0.175 e. The van der Waals surface area contributed by atoms with Gasteiger partial charge in [-0.2, -0.15) is 5.10 Å². The van der Waals surface area contributed by atoms with E-state index >= 15 is 0 Å². The molecule has 0 aliphatic rings. The average molecular weight is 302 g/mol. The lowest BCUT2D eigenvalue weighted by molar-refractivity contribution is 0.318. The van der Waals surface area contributed by atoms with Crippen LogP contribution in [0.1, 0.15) is 11.3 Å². The number of halogens is 1. The first-order chi connectivity index (χ1) is 10.1. The van der Waals surface area contributed by atoms with E-state index < -0.39 is 0 Å². The van der Waals surface area contributed by atoms with E-state index in [4.69, 9.17) is 22.5 Å². The molecule has 1 aromatic carbocycles. The lowest BCUT2D eigenvalue weighted by atomic mass is 10.1. The molecule has 0 unspecified atom stereocenters. The molecule has 106 valence electrons. The summed E-state index contributed by atoms with van der Waals surface area (Å²) in [5.41, 5.74) is 9.19. The lowest BCUT2D eigenvalue weighted by Crippen LogP contribution is -2.14. The average Bonchev–Trinajstić information content (AvgIpc) is 2.83. The summed E-state index contributed by atoms with van der Waals surface area (Å²) < 4.78 is 1.67. The highest BCUT2D eigenvalue weighted by atomic mass is 35.5. The second-order valence-corrected chi connectivity index (χ2v) is 4.95. The summed E-state index contributed by atoms with van der Waals surface area (Å²) in [5, 5.41) is 17.0. The summed E-state index contributed by atoms with van der Waals surface area (Å²) in [6.45, 7) is 1.79. The molecule has 0 saturated heterocycles. The zero-order valence-electron chi connectivity index (χ0n) is 11.2. The molecule has 0 spiro atoms. The third kappa shape index (κ3) is 2.19. The molecule has 7 heteroatoms. The Bertz CT molecular complexity index is 838. The molecular weight excluding hydrogens is 290 g/mol. The Morgan fingerprint density at radius 1 is 1.29 bits per heavy atom. The molecule has 0 bridgehead atoms. The van der Waals surface area contributed by atoms with Gasteiger partial charge in [-0.15, -0.1) is 0 Å². The summed E-state index contributed by atoms with van der Waals surface area (Å²) in [5.74, 6) is -0.0109. The Morgan fingerprint density at radius 2 is 2.00 bits per heavy atom. The van der Waals surface area contributed by atoms with Crippen LogP contribution in [0.2, 0.25) is 5.02 Å². The van der Waals surface area contributed by atoms with Crippen LogP contribution in [0.5, 0.6) is 0 Å². The zero-order valence-corrected chi connectivity index (χ0v) is 11.9. The number of hydrogen-bond donors (Lipinski definition) is 2. The summed E-state index contributed by atoms with van der Waals surface area (Å²) in [6, 6.07) is 9.27. The molecule has 2 heterocycles. The molecule has 3 aromatic rings. The number of aromatic nitrogens is 3. The standard InChI is InChI=1S/C14H12ClN5O/c1-8-12(13(16)19-21)14-17-7-6-11(20(14)18-8)9-2-4-10(15)5-3-9/h2-7,21H,1H3,(H2,16,19). The molecule has 0 saturated carbocycles. The first-order valence-electron chi connectivity index (χ1n) is 6.20. The Balaban J connectivity index is 2.29. The minimum absolute atomic E-state index is 0.0109. The summed E-state index contributed by atoms with van der Waals surface area (Å²) >= 11 is 5.91. The van der Waals surface area contributed by atoms with Gasteiger partial charge in [-0.1, -0.05) is 28.9 Å². The number of amidine groups is 1. The third-order valence-electron chi connectivity index (χ3n) is 3.20. The van der Waals surface area contributed by atoms with Crippen LogP contribution in [0.4, 0.5) is 0 Å². The van der Waals surface area contributed by atoms with E-state index in [9.17, 15) is 0 Å². The molecular formula is C14H12ClN5O. The predicted molar refractivity (Wildman–Crippen MR) is 80.7 cm³/mol. The Kier molecular flexibility index (Phi) is 3.23. The van der Waals surface area contributed by atoms with Crippen LogP contribution in [-0.2, 0) is 0 Å². The minimum atomic E-state index is -0.0109. The van der Waals surface area contributed by atoms with Crippen molar-refractivity contribution in [2.45, 2.75) is 6.92 Å². The number of oxime groups is 1. The van der Waals surface area contributed by atoms with E-state index in [0.717, 1.165) is 11.3 Å². The third-order valence-corrected chi connectivity index (χ3v) is 3.45. The van der Waals surface area contributed by atoms with Crippen molar-refractivity contribution in [1.82, 2.24) is 14.6 Å². The molecule has 0 atom stereocenters. The van der Waals surface area contributed by atoms with Crippen molar-refractivity contribution in [2.24, 2.45) is 10.9 Å². The van der Waals surface area contributed by atoms with Crippen molar-refractivity contribution in [2.75, 3.05) is 0 Å². The van der Waals surface area contributed by atoms with Gasteiger partial charge in [0.05, 0.1) is 17.0 Å². The number of rotatable bonds is 2. The van der Waals surface area contributed by atoms with E-state index in [0.29, 0.717) is 21.9 Å². The second-order valence-electron chi connectivity index (χ2n) is 4.52. The molecule has 21 heavy (non-hydrogen) atoms. The molecule has 3 rings (SSSR count). The normalized spacial score (nSPS) is 12.0. The van der Waals surface area contributed by atoms with Gasteiger partial charge in [0, 0.05) is 16.8 Å². The zero-order chi connectivity index (χ0) is 15.0. The highest BCUT2D eigenvalue weighted by Gasteiger charge is 2.17. The SMILES string of the molecule is Cc1nn2c(-c3ccc(Cl)cc3)ccnc2c1/C(N)=N/O. The maximum absolute atomic E-state index is 8.89. The van der Waals surface area contributed by atoms with Gasteiger partial charge < -0.3 is 10.9 Å². The van der Waals surface area contributed by atoms with Crippen LogP contribution in [0.15, 0.2) is 41.7 Å². The lowest BCUT2D eigenvalue weighted by Gasteiger charge is -2.05. The van der Waals surface area contributed by atoms with Gasteiger partial charge in [0.2, 0.25) is 0 Å². The fourth-order valence-electron chi connectivity index (χ4n) is 2.24. The number of benzene rings is 1. The highest BCUT2D eigenvalue weighted by molar-refractivity contribution is 6.30. The van der Waals surface area contributed by atoms with E-state index in [1.165, 1.54) is 0 Å². The number of hydrogen-bond acceptors (Lipinski definition) is 4. The van der Waals surface area contributed by atoms with Crippen molar-refractivity contribution < 1.29 is 5.21 Å². The first-order valence-corrected chi connectivity index (χ1v) is 6.58. The first kappa shape index (κ1) is 13.4. The molecule has 6 nitrogen and oxygen atoms in total. The second kappa shape index (κ2) is 5.06. The molecule has 2 aromatic heterocycles. The Labute approximate surface area is 125 Å². The van der Waals surface area contributed by atoms with Gasteiger partial charge in [-0.25, -0.2) is 9.50 Å². The summed E-state index contributed by atoms with van der Waals surface area (Å²) in [4.78, 5) is 4.28. The van der Waals surface area contributed by atoms with Crippen molar-refractivity contribution in [1.29, 1.82) is 0 Å². The minimum Gasteiger partial charge on any atom is -0.409 e. The van der Waals surface area contributed by atoms with Gasteiger partial charge in [-0.3, -0.25) is 0 Å². The molecule has 0 amide bonds. The summed E-state index contributed by atoms with van der Waals surface area (Å²) in [6.07, 6.45) is 1.66. The van der Waals surface area contributed by atoms with Gasteiger partial charge in [0.1, 0.15) is 0 Å². The van der Waals surface area contributed by atoms with Gasteiger partial charge in [-0.05, 0) is 25.1 Å². The van der Waals surface area contributed by atoms with Crippen molar-refractivity contribution >= 4 is 23.1 Å². The highest BCUT2D eigenvalue weighted by Crippen LogP contribution is 2.23. The fraction of sp³-hybridized carbons (Fsp3) is 0.0714. The van der Waals surface area contributed by atoms with E-state index in [-0.39, 0.29) is 5.84 Å². The van der Waals surface area contributed by atoms with Gasteiger partial charge in [0.25, 0.3) is 0 Å². The van der Waals surface area contributed by atoms with Crippen molar-refractivity contribution in [3.05, 3.63) is 52.8 Å². The Hall–Kier alpha value is -2.60. The van der Waals surface area contributed by atoms with Crippen LogP contribution >= 0.6 is 11.6 Å². The molecule has 0 fully saturated rings. The molecule has 0 aliphatic carbocycles. The molecule has 0 radical (unpaired) electrons. The van der Waals surface area contributed by atoms with Crippen molar-refractivity contribution in [3.63, 3.8) is 0 Å². The monoisotopic (exact) mass is 301 g/mol. The molecule has 0 aliphatic heterocycles. The van der Waals surface area contributed by atoms with Gasteiger partial charge in [0.15, 0.2) is 11.5 Å². The Morgan fingerprint density at radius 3 is 2.67 bits per heavy atom. The number of aryl methyl sites for hydroxylation is 1. The largest absolute Gasteiger partial charge is 0.409 e. The topological polar surface area (TPSA) is 88.8 Å². The molecule has 3 N–H and O–H groups in total. The van der Waals surface area contributed by atoms with E-state index in [2.05, 4.69) is 15.2 Å². The van der Waals surface area contributed by atoms with Crippen molar-refractivity contribution in [3.8, 4) is 11.3 Å². The predicted octanol–water partition coefficient (Wildman–Crippen LogP) is 2.45. The van der Waals surface area contributed by atoms with Gasteiger partial charge >= 0.3 is 0 Å². The van der Waals surface area contributed by atoms with E-state index in [1.807, 2.05) is 30.3 Å².